The van der Waals surface area contributed by atoms with Crippen LogP contribution in [0.1, 0.15) is 22.8 Å². The fraction of sp³-hybridized carbons (Fsp3) is 0.286. The Morgan fingerprint density at radius 3 is 0.906 bits per heavy atom. The summed E-state index contributed by atoms with van der Waals surface area (Å²) in [6.45, 7) is 2.68. The minimum absolute atomic E-state index is 0. The normalized spacial score (nSPS) is 10.7. The number of halogens is 4. The van der Waals surface area contributed by atoms with Gasteiger partial charge in [-0.1, -0.05) is 0 Å². The van der Waals surface area contributed by atoms with E-state index in [9.17, 15) is 17.6 Å². The molecule has 4 aromatic carbocycles. The van der Waals surface area contributed by atoms with Crippen LogP contribution >= 0.6 is 0 Å². The van der Waals surface area contributed by atoms with Crippen LogP contribution in [0, 0.1) is 35.4 Å². The van der Waals surface area contributed by atoms with Crippen molar-refractivity contribution in [1.29, 1.82) is 0 Å². The topological polar surface area (TPSA) is 22.8 Å². The smallest absolute Gasteiger partial charge is 0.367 e. The molecule has 0 amide bonds. The van der Waals surface area contributed by atoms with Crippen LogP contribution in [-0.4, -0.2) is 85.1 Å². The van der Waals surface area contributed by atoms with Gasteiger partial charge in [0.05, 0.1) is 0 Å². The Bertz CT molecular complexity index is 1630. The van der Waals surface area contributed by atoms with Gasteiger partial charge >= 0.3 is 21.7 Å². The minimum Gasteiger partial charge on any atom is -0.367 e. The second-order valence-electron chi connectivity index (χ2n) is 13.2. The molecule has 0 fully saturated rings. The van der Waals surface area contributed by atoms with Gasteiger partial charge in [0.15, 0.2) is 0 Å². The summed E-state index contributed by atoms with van der Waals surface area (Å²) in [5, 5.41) is 0. The van der Waals surface area contributed by atoms with Crippen molar-refractivity contribution in [2.45, 2.75) is 26.2 Å². The first-order valence-corrected chi connectivity index (χ1v) is 16.8. The van der Waals surface area contributed by atoms with Crippen molar-refractivity contribution in [2.24, 2.45) is 0 Å². The Balaban J connectivity index is 0.000000285. The van der Waals surface area contributed by atoms with Crippen LogP contribution in [0.2, 0.25) is 0 Å². The summed E-state index contributed by atoms with van der Waals surface area (Å²) in [4.78, 5) is 8.04. The number of hydrogen-bond acceptors (Lipinski definition) is 4. The molecule has 2 heterocycles. The number of aromatic nitrogens is 2. The van der Waals surface area contributed by atoms with Gasteiger partial charge in [-0.15, -0.1) is 36.4 Å². The van der Waals surface area contributed by atoms with Crippen molar-refractivity contribution in [3.8, 4) is 11.4 Å². The monoisotopic (exact) mass is 762 g/mol. The Hall–Kier alpha value is -4.03. The van der Waals surface area contributed by atoms with Gasteiger partial charge in [0.25, 0.3) is 0 Å². The molecule has 0 bridgehead atoms. The number of hydrogen-bond donors (Lipinski definition) is 0. The third-order valence-corrected chi connectivity index (χ3v) is 7.27. The van der Waals surface area contributed by atoms with Crippen LogP contribution in [-0.2, 0) is 47.9 Å². The fourth-order valence-electron chi connectivity index (χ4n) is 5.32. The van der Waals surface area contributed by atoms with Crippen LogP contribution in [0.4, 0.5) is 17.6 Å². The van der Waals surface area contributed by atoms with E-state index in [4.69, 9.17) is 0 Å². The molecule has 6 nitrogen and oxygen atoms in total. The van der Waals surface area contributed by atoms with Crippen LogP contribution in [0.25, 0.3) is 11.4 Å². The van der Waals surface area contributed by atoms with Gasteiger partial charge in [-0.3, -0.25) is 0 Å². The molecule has 0 aliphatic heterocycles. The van der Waals surface area contributed by atoms with Gasteiger partial charge in [0.2, 0.25) is 0 Å². The van der Waals surface area contributed by atoms with Gasteiger partial charge in [-0.05, 0) is 92.0 Å². The first-order valence-electron chi connectivity index (χ1n) is 16.8. The second-order valence-corrected chi connectivity index (χ2v) is 13.2. The summed E-state index contributed by atoms with van der Waals surface area (Å²) < 4.78 is 58.1. The van der Waals surface area contributed by atoms with E-state index >= 15 is 0 Å². The molecule has 6 rings (SSSR count). The molecule has 0 aliphatic rings. The van der Waals surface area contributed by atoms with Crippen LogP contribution in [0.5, 0.6) is 0 Å². The molecule has 0 saturated carbocycles. The van der Waals surface area contributed by atoms with E-state index in [0.717, 1.165) is 22.8 Å². The van der Waals surface area contributed by atoms with Crippen molar-refractivity contribution in [1.82, 2.24) is 28.7 Å². The Morgan fingerprint density at radius 2 is 0.717 bits per heavy atom. The molecular formula is C42H50F4N6Ti. The quantitative estimate of drug-likeness (QED) is 0.0799. The van der Waals surface area contributed by atoms with Gasteiger partial charge < -0.3 is 28.7 Å². The Kier molecular flexibility index (Phi) is 19.5. The van der Waals surface area contributed by atoms with E-state index in [0.29, 0.717) is 37.6 Å². The number of rotatable bonds is 10. The predicted molar refractivity (Wildman–Crippen MR) is 203 cm³/mol. The van der Waals surface area contributed by atoms with Crippen molar-refractivity contribution >= 4 is 0 Å². The third-order valence-electron chi connectivity index (χ3n) is 7.27. The molecule has 0 aliphatic carbocycles. The summed E-state index contributed by atoms with van der Waals surface area (Å²) in [5.74, 6) is -2.73. The van der Waals surface area contributed by atoms with Gasteiger partial charge in [0.1, 0.15) is 0 Å². The van der Waals surface area contributed by atoms with Crippen molar-refractivity contribution in [3.05, 3.63) is 167 Å². The van der Waals surface area contributed by atoms with Crippen LogP contribution in [0.3, 0.4) is 0 Å². The average molecular weight is 763 g/mol. The SMILES string of the molecule is CN(C)Cc1ccc(CN(C)C)n1-c1ccc(F)[c-]c1F.CN(C)Cc1ccc(CN(C)C)n1-c1ccc(F)[c-]c1F.[Ti+4].c1cc[cH-]c1.c1cc[cH-]c1. The zero-order chi connectivity index (χ0) is 38.2. The van der Waals surface area contributed by atoms with Crippen molar-refractivity contribution in [3.63, 3.8) is 0 Å². The van der Waals surface area contributed by atoms with Gasteiger partial charge in [0, 0.05) is 72.2 Å². The van der Waals surface area contributed by atoms with E-state index in [1.54, 1.807) is 0 Å². The standard InChI is InChI=1S/2C16H20F2N3.2C5H5.Ti/c2*1-19(2)10-13-6-7-14(11-20(3)4)21(13)16-8-5-12(17)9-15(16)18;2*1-2-4-5-3-1;/h2*5-8H,10-11H2,1-4H3;2*1-5H;/q4*-1;+4. The second kappa shape index (κ2) is 22.9. The van der Waals surface area contributed by atoms with E-state index in [2.05, 4.69) is 12.1 Å². The van der Waals surface area contributed by atoms with Crippen LogP contribution < -0.4 is 0 Å². The largest absolute Gasteiger partial charge is 4.00 e. The maximum atomic E-state index is 14.1. The predicted octanol–water partition coefficient (Wildman–Crippen LogP) is 8.17. The molecule has 0 radical (unpaired) electrons. The number of nitrogens with zero attached hydrogens (tertiary/aromatic N) is 6. The summed E-state index contributed by atoms with van der Waals surface area (Å²) >= 11 is 0. The summed E-state index contributed by atoms with van der Waals surface area (Å²) in [5.41, 5.74) is 4.48. The number of benzene rings is 2. The first-order chi connectivity index (χ1) is 24.8. The third kappa shape index (κ3) is 15.1. The molecule has 2 aromatic heterocycles. The van der Waals surface area contributed by atoms with E-state index in [-0.39, 0.29) is 21.7 Å². The Labute approximate surface area is 328 Å². The molecule has 0 spiro atoms. The molecule has 6 aromatic rings. The first kappa shape index (κ1) is 45.1. The molecule has 0 atom stereocenters. The molecule has 11 heteroatoms. The minimum atomic E-state index is -0.688. The van der Waals surface area contributed by atoms with Gasteiger partial charge in [-0.2, -0.15) is 36.4 Å². The van der Waals surface area contributed by atoms with E-state index in [1.165, 1.54) is 24.3 Å². The van der Waals surface area contributed by atoms with E-state index < -0.39 is 23.3 Å². The molecule has 280 valence electrons. The molecule has 0 unspecified atom stereocenters. The van der Waals surface area contributed by atoms with Crippen molar-refractivity contribution < 1.29 is 39.3 Å². The van der Waals surface area contributed by atoms with Crippen LogP contribution in [0.15, 0.2) is 109 Å². The van der Waals surface area contributed by atoms with E-state index in [1.807, 2.05) is 170 Å². The zero-order valence-corrected chi connectivity index (χ0v) is 33.5. The maximum Gasteiger partial charge on any atom is 4.00 e. The molecule has 0 saturated heterocycles. The maximum absolute atomic E-state index is 14.1. The molecule has 53 heavy (non-hydrogen) atoms. The van der Waals surface area contributed by atoms with Crippen molar-refractivity contribution in [2.75, 3.05) is 56.4 Å². The summed E-state index contributed by atoms with van der Waals surface area (Å²) in [6.07, 6.45) is 0. The zero-order valence-electron chi connectivity index (χ0n) is 31.9. The summed E-state index contributed by atoms with van der Waals surface area (Å²) in [6, 6.07) is 37.5. The van der Waals surface area contributed by atoms with Gasteiger partial charge in [-0.25, -0.2) is 41.8 Å². The molecular weight excluding hydrogens is 712 g/mol. The molecule has 0 N–H and O–H groups in total. The average Bonchev–Trinajstić information content (AvgIpc) is 3.89. The Morgan fingerprint density at radius 1 is 0.453 bits per heavy atom. The summed E-state index contributed by atoms with van der Waals surface area (Å²) in [7, 11) is 15.6. The fourth-order valence-corrected chi connectivity index (χ4v) is 5.32.